The summed E-state index contributed by atoms with van der Waals surface area (Å²) >= 11 is 0. The standard InChI is InChI=1S/C20H36N4O/c1-6-24(7-2)14-9-11-18(4)23-20(21-5)22-13-15-25-19-12-8-10-17(3)16-19/h8,10,12,16,18H,6-7,9,11,13-15H2,1-5H3,(H2,21,22,23). The zero-order valence-corrected chi connectivity index (χ0v) is 16.6. The highest BCUT2D eigenvalue weighted by Gasteiger charge is 2.06. The predicted octanol–water partition coefficient (Wildman–Crippen LogP) is 3.05. The van der Waals surface area contributed by atoms with Gasteiger partial charge in [0.1, 0.15) is 12.4 Å². The number of guanidine groups is 1. The van der Waals surface area contributed by atoms with E-state index in [9.17, 15) is 0 Å². The molecule has 142 valence electrons. The summed E-state index contributed by atoms with van der Waals surface area (Å²) in [4.78, 5) is 6.75. The number of hydrogen-bond acceptors (Lipinski definition) is 3. The van der Waals surface area contributed by atoms with Gasteiger partial charge < -0.3 is 20.3 Å². The molecule has 5 heteroatoms. The van der Waals surface area contributed by atoms with Crippen molar-refractivity contribution < 1.29 is 4.74 Å². The minimum Gasteiger partial charge on any atom is -0.492 e. The Hall–Kier alpha value is -1.75. The van der Waals surface area contributed by atoms with Crippen molar-refractivity contribution >= 4 is 5.96 Å². The van der Waals surface area contributed by atoms with Crippen LogP contribution in [0.3, 0.4) is 0 Å². The molecule has 2 N–H and O–H groups in total. The Morgan fingerprint density at radius 2 is 2.04 bits per heavy atom. The molecule has 1 aromatic rings. The Kier molecular flexibility index (Phi) is 10.7. The van der Waals surface area contributed by atoms with Crippen molar-refractivity contribution in [1.82, 2.24) is 15.5 Å². The van der Waals surface area contributed by atoms with Crippen molar-refractivity contribution in [3.05, 3.63) is 29.8 Å². The first-order valence-corrected chi connectivity index (χ1v) is 9.48. The van der Waals surface area contributed by atoms with Crippen LogP contribution in [0.5, 0.6) is 5.75 Å². The zero-order chi connectivity index (χ0) is 18.5. The average Bonchev–Trinajstić information content (AvgIpc) is 2.61. The highest BCUT2D eigenvalue weighted by molar-refractivity contribution is 5.79. The second-order valence-corrected chi connectivity index (χ2v) is 6.38. The first-order chi connectivity index (χ1) is 12.1. The lowest BCUT2D eigenvalue weighted by Crippen LogP contribution is -2.43. The Labute approximate surface area is 153 Å². The third-order valence-corrected chi connectivity index (χ3v) is 4.27. The van der Waals surface area contributed by atoms with Crippen LogP contribution in [0, 0.1) is 6.92 Å². The van der Waals surface area contributed by atoms with Crippen molar-refractivity contribution in [2.45, 2.75) is 46.6 Å². The molecule has 0 saturated heterocycles. The Morgan fingerprint density at radius 1 is 1.28 bits per heavy atom. The van der Waals surface area contributed by atoms with Gasteiger partial charge in [-0.2, -0.15) is 0 Å². The molecule has 0 bridgehead atoms. The Balaban J connectivity index is 2.20. The molecule has 0 aromatic heterocycles. The molecule has 0 aliphatic rings. The normalized spacial score (nSPS) is 13.0. The first kappa shape index (κ1) is 21.3. The Morgan fingerprint density at radius 3 is 2.68 bits per heavy atom. The van der Waals surface area contributed by atoms with Gasteiger partial charge in [0.05, 0.1) is 6.54 Å². The second-order valence-electron chi connectivity index (χ2n) is 6.38. The molecule has 0 heterocycles. The fraction of sp³-hybridized carbons (Fsp3) is 0.650. The average molecular weight is 349 g/mol. The molecule has 0 radical (unpaired) electrons. The lowest BCUT2D eigenvalue weighted by molar-refractivity contribution is 0.292. The number of aliphatic imine (C=N–C) groups is 1. The third-order valence-electron chi connectivity index (χ3n) is 4.27. The summed E-state index contributed by atoms with van der Waals surface area (Å²) in [5.74, 6) is 1.75. The van der Waals surface area contributed by atoms with Crippen LogP contribution in [-0.4, -0.2) is 56.7 Å². The fourth-order valence-electron chi connectivity index (χ4n) is 2.70. The molecule has 25 heavy (non-hydrogen) atoms. The second kappa shape index (κ2) is 12.6. The molecule has 5 nitrogen and oxygen atoms in total. The van der Waals surface area contributed by atoms with Crippen LogP contribution >= 0.6 is 0 Å². The maximum atomic E-state index is 5.75. The largest absolute Gasteiger partial charge is 0.492 e. The number of rotatable bonds is 11. The van der Waals surface area contributed by atoms with E-state index in [1.165, 1.54) is 12.0 Å². The highest BCUT2D eigenvalue weighted by Crippen LogP contribution is 2.11. The van der Waals surface area contributed by atoms with Crippen LogP contribution in [0.25, 0.3) is 0 Å². The molecule has 0 aliphatic heterocycles. The fourth-order valence-corrected chi connectivity index (χ4v) is 2.70. The van der Waals surface area contributed by atoms with Crippen LogP contribution in [0.1, 0.15) is 39.2 Å². The zero-order valence-electron chi connectivity index (χ0n) is 16.6. The quantitative estimate of drug-likeness (QED) is 0.367. The van der Waals surface area contributed by atoms with E-state index in [0.717, 1.165) is 44.3 Å². The summed E-state index contributed by atoms with van der Waals surface area (Å²) in [7, 11) is 1.80. The summed E-state index contributed by atoms with van der Waals surface area (Å²) in [5.41, 5.74) is 1.21. The van der Waals surface area contributed by atoms with Crippen LogP contribution in [0.15, 0.2) is 29.3 Å². The molecular weight excluding hydrogens is 312 g/mol. The van der Waals surface area contributed by atoms with Crippen LogP contribution in [0.4, 0.5) is 0 Å². The van der Waals surface area contributed by atoms with E-state index in [1.807, 2.05) is 18.2 Å². The summed E-state index contributed by atoms with van der Waals surface area (Å²) in [5, 5.41) is 6.76. The van der Waals surface area contributed by atoms with E-state index in [4.69, 9.17) is 4.74 Å². The topological polar surface area (TPSA) is 48.9 Å². The van der Waals surface area contributed by atoms with E-state index >= 15 is 0 Å². The minimum atomic E-state index is 0.402. The molecule has 1 atom stereocenters. The van der Waals surface area contributed by atoms with Gasteiger partial charge in [-0.25, -0.2) is 0 Å². The molecule has 1 unspecified atom stereocenters. The van der Waals surface area contributed by atoms with Crippen LogP contribution in [0.2, 0.25) is 0 Å². The highest BCUT2D eigenvalue weighted by atomic mass is 16.5. The van der Waals surface area contributed by atoms with E-state index < -0.39 is 0 Å². The Bertz CT molecular complexity index is 500. The monoisotopic (exact) mass is 348 g/mol. The maximum Gasteiger partial charge on any atom is 0.191 e. The molecule has 0 spiro atoms. The number of ether oxygens (including phenoxy) is 1. The van der Waals surface area contributed by atoms with Crippen molar-refractivity contribution in [3.8, 4) is 5.75 Å². The van der Waals surface area contributed by atoms with Gasteiger partial charge in [0, 0.05) is 13.1 Å². The van der Waals surface area contributed by atoms with Crippen LogP contribution in [-0.2, 0) is 0 Å². The number of aryl methyl sites for hydroxylation is 1. The minimum absolute atomic E-state index is 0.402. The molecule has 0 amide bonds. The lowest BCUT2D eigenvalue weighted by atomic mass is 10.2. The molecular formula is C20H36N4O. The van der Waals surface area contributed by atoms with Crippen LogP contribution < -0.4 is 15.4 Å². The molecule has 0 saturated carbocycles. The number of nitrogens with one attached hydrogen (secondary N) is 2. The van der Waals surface area contributed by atoms with Crippen molar-refractivity contribution in [2.24, 2.45) is 4.99 Å². The maximum absolute atomic E-state index is 5.75. The van der Waals surface area contributed by atoms with Crippen molar-refractivity contribution in [3.63, 3.8) is 0 Å². The van der Waals surface area contributed by atoms with E-state index in [-0.39, 0.29) is 0 Å². The van der Waals surface area contributed by atoms with E-state index in [0.29, 0.717) is 12.6 Å². The summed E-state index contributed by atoms with van der Waals surface area (Å²) in [6.07, 6.45) is 2.33. The summed E-state index contributed by atoms with van der Waals surface area (Å²) in [6.45, 7) is 13.5. The van der Waals surface area contributed by atoms with Gasteiger partial charge in [0.2, 0.25) is 0 Å². The van der Waals surface area contributed by atoms with Gasteiger partial charge in [0.15, 0.2) is 5.96 Å². The lowest BCUT2D eigenvalue weighted by Gasteiger charge is -2.21. The first-order valence-electron chi connectivity index (χ1n) is 9.48. The number of nitrogens with zero attached hydrogens (tertiary/aromatic N) is 2. The summed E-state index contributed by atoms with van der Waals surface area (Å²) in [6, 6.07) is 8.51. The van der Waals surface area contributed by atoms with Gasteiger partial charge in [-0.3, -0.25) is 4.99 Å². The SMILES string of the molecule is CCN(CC)CCCC(C)NC(=NC)NCCOc1cccc(C)c1. The van der Waals surface area contributed by atoms with Gasteiger partial charge in [-0.1, -0.05) is 26.0 Å². The number of hydrogen-bond donors (Lipinski definition) is 2. The smallest absolute Gasteiger partial charge is 0.191 e. The molecule has 0 aliphatic carbocycles. The van der Waals surface area contributed by atoms with Gasteiger partial charge in [0.25, 0.3) is 0 Å². The summed E-state index contributed by atoms with van der Waals surface area (Å²) < 4.78 is 5.75. The molecule has 0 fully saturated rings. The van der Waals surface area contributed by atoms with Crippen molar-refractivity contribution in [2.75, 3.05) is 39.8 Å². The molecule has 1 rings (SSSR count). The number of benzene rings is 1. The predicted molar refractivity (Wildman–Crippen MR) is 108 cm³/mol. The van der Waals surface area contributed by atoms with Gasteiger partial charge in [-0.15, -0.1) is 0 Å². The van der Waals surface area contributed by atoms with E-state index in [1.54, 1.807) is 7.05 Å². The van der Waals surface area contributed by atoms with Gasteiger partial charge >= 0.3 is 0 Å². The van der Waals surface area contributed by atoms with Crippen molar-refractivity contribution in [1.29, 1.82) is 0 Å². The third kappa shape index (κ3) is 9.34. The van der Waals surface area contributed by atoms with E-state index in [2.05, 4.69) is 54.3 Å². The van der Waals surface area contributed by atoms with Gasteiger partial charge in [-0.05, 0) is 64.0 Å². The molecule has 1 aromatic carbocycles.